The lowest BCUT2D eigenvalue weighted by atomic mass is 10.1. The van der Waals surface area contributed by atoms with Gasteiger partial charge in [-0.05, 0) is 60.2 Å². The molecule has 1 aliphatic heterocycles. The molecule has 4 rings (SSSR count). The summed E-state index contributed by atoms with van der Waals surface area (Å²) >= 11 is 0. The molecule has 1 N–H and O–H groups in total. The molecule has 7 heteroatoms. The van der Waals surface area contributed by atoms with Crippen molar-refractivity contribution in [3.63, 3.8) is 0 Å². The Morgan fingerprint density at radius 3 is 2.22 bits per heavy atom. The third kappa shape index (κ3) is 4.27. The molecule has 0 bridgehead atoms. The first kappa shape index (κ1) is 21.0. The van der Waals surface area contributed by atoms with Crippen LogP contribution in [0, 0.1) is 0 Å². The summed E-state index contributed by atoms with van der Waals surface area (Å²) in [6, 6.07) is 22.3. The molecule has 0 radical (unpaired) electrons. The fourth-order valence-electron chi connectivity index (χ4n) is 3.30. The molecule has 1 amide bonds. The zero-order valence-electron chi connectivity index (χ0n) is 18.0. The predicted octanol–water partition coefficient (Wildman–Crippen LogP) is 4.37. The highest BCUT2D eigenvalue weighted by molar-refractivity contribution is 6.20. The monoisotopic (exact) mass is 429 g/mol. The molecule has 0 saturated heterocycles. The van der Waals surface area contributed by atoms with E-state index in [1.165, 1.54) is 5.01 Å². The van der Waals surface area contributed by atoms with Crippen LogP contribution in [-0.4, -0.2) is 38.1 Å². The smallest absolute Gasteiger partial charge is 0.297 e. The van der Waals surface area contributed by atoms with Crippen molar-refractivity contribution in [2.75, 3.05) is 26.8 Å². The molecule has 0 aliphatic carbocycles. The quantitative estimate of drug-likeness (QED) is 0.565. The first-order valence-corrected chi connectivity index (χ1v) is 9.96. The lowest BCUT2D eigenvalue weighted by molar-refractivity contribution is -0.121. The van der Waals surface area contributed by atoms with Gasteiger partial charge < -0.3 is 14.2 Å². The van der Waals surface area contributed by atoms with Crippen LogP contribution in [-0.2, 0) is 4.79 Å². The summed E-state index contributed by atoms with van der Waals surface area (Å²) < 4.78 is 15.9. The highest BCUT2D eigenvalue weighted by Crippen LogP contribution is 2.30. The van der Waals surface area contributed by atoms with E-state index in [2.05, 4.69) is 10.4 Å². The number of carbonyl (C=O) groups is 1. The highest BCUT2D eigenvalue weighted by Gasteiger charge is 2.31. The van der Waals surface area contributed by atoms with Crippen LogP contribution in [0.4, 0.5) is 5.69 Å². The van der Waals surface area contributed by atoms with Crippen LogP contribution in [0.15, 0.2) is 83.5 Å². The fourth-order valence-corrected chi connectivity index (χ4v) is 3.30. The Hall–Kier alpha value is -4.26. The molecule has 32 heavy (non-hydrogen) atoms. The molecule has 0 saturated carbocycles. The normalized spacial score (nSPS) is 14.3. The maximum absolute atomic E-state index is 13.3. The average Bonchev–Trinajstić information content (AvgIpc) is 3.14. The van der Waals surface area contributed by atoms with Gasteiger partial charge >= 0.3 is 0 Å². The number of benzene rings is 3. The lowest BCUT2D eigenvalue weighted by Gasteiger charge is -2.20. The number of amidine groups is 1. The van der Waals surface area contributed by atoms with Crippen LogP contribution in [0.1, 0.15) is 11.1 Å². The van der Waals surface area contributed by atoms with Crippen LogP contribution in [0.5, 0.6) is 17.2 Å². The second kappa shape index (κ2) is 9.26. The lowest BCUT2D eigenvalue weighted by Crippen LogP contribution is -2.37. The molecule has 0 spiro atoms. The number of hydrazine groups is 1. The number of anilines is 1. The summed E-state index contributed by atoms with van der Waals surface area (Å²) in [5.74, 6) is 2.14. The summed E-state index contributed by atoms with van der Waals surface area (Å²) in [5, 5.41) is 1.45. The second-order valence-corrected chi connectivity index (χ2v) is 6.93. The van der Waals surface area contributed by atoms with E-state index in [0.717, 1.165) is 22.6 Å². The van der Waals surface area contributed by atoms with Crippen LogP contribution in [0.3, 0.4) is 0 Å². The number of carbonyl (C=O) groups excluding carboxylic acids is 1. The maximum Gasteiger partial charge on any atom is 0.297 e. The molecule has 0 unspecified atom stereocenters. The van der Waals surface area contributed by atoms with Gasteiger partial charge in [-0.3, -0.25) is 10.2 Å². The van der Waals surface area contributed by atoms with Gasteiger partial charge in [0.25, 0.3) is 5.91 Å². The van der Waals surface area contributed by atoms with E-state index < -0.39 is 0 Å². The van der Waals surface area contributed by atoms with E-state index in [9.17, 15) is 4.79 Å². The predicted molar refractivity (Wildman–Crippen MR) is 124 cm³/mol. The number of hydrogen-bond donors (Lipinski definition) is 1. The molecule has 162 valence electrons. The fraction of sp³-hybridized carbons (Fsp3) is 0.120. The summed E-state index contributed by atoms with van der Waals surface area (Å²) in [5.41, 5.74) is 5.78. The van der Waals surface area contributed by atoms with Gasteiger partial charge in [0.1, 0.15) is 11.4 Å². The Kier molecular flexibility index (Phi) is 6.07. The minimum absolute atomic E-state index is 0.269. The number of amides is 1. The Labute approximate surface area is 186 Å². The van der Waals surface area contributed by atoms with Crippen molar-refractivity contribution in [1.29, 1.82) is 0 Å². The van der Waals surface area contributed by atoms with Gasteiger partial charge in [-0.15, -0.1) is 0 Å². The Morgan fingerprint density at radius 1 is 0.844 bits per heavy atom. The Bertz CT molecular complexity index is 1170. The van der Waals surface area contributed by atoms with Crippen molar-refractivity contribution < 1.29 is 19.0 Å². The number of nitrogens with zero attached hydrogens (tertiary/aromatic N) is 2. The third-order valence-electron chi connectivity index (χ3n) is 4.93. The third-order valence-corrected chi connectivity index (χ3v) is 4.93. The van der Waals surface area contributed by atoms with Gasteiger partial charge in [-0.1, -0.05) is 24.3 Å². The largest absolute Gasteiger partial charge is 0.497 e. The molecule has 3 aromatic rings. The summed E-state index contributed by atoms with van der Waals surface area (Å²) in [6.07, 6.45) is 1.72. The van der Waals surface area contributed by atoms with Gasteiger partial charge in [0.2, 0.25) is 0 Å². The average molecular weight is 429 g/mol. The molecular weight excluding hydrogens is 406 g/mol. The minimum Gasteiger partial charge on any atom is -0.497 e. The van der Waals surface area contributed by atoms with Gasteiger partial charge in [0.15, 0.2) is 17.3 Å². The maximum atomic E-state index is 13.3. The van der Waals surface area contributed by atoms with Crippen LogP contribution >= 0.6 is 0 Å². The second-order valence-electron chi connectivity index (χ2n) is 6.93. The Morgan fingerprint density at radius 2 is 1.56 bits per heavy atom. The molecule has 7 nitrogen and oxygen atoms in total. The van der Waals surface area contributed by atoms with Crippen molar-refractivity contribution in [1.82, 2.24) is 5.01 Å². The van der Waals surface area contributed by atoms with E-state index in [1.54, 1.807) is 39.5 Å². The van der Waals surface area contributed by atoms with Crippen LogP contribution < -0.4 is 19.6 Å². The number of para-hydroxylation sites is 1. The SMILES string of the molecule is COc1ccc(C2=N/C(=C/c3ccc(OC)c(OC)c3)C(=O)N2Nc2ccccc2)cc1. The first-order chi connectivity index (χ1) is 15.6. The van der Waals surface area contributed by atoms with E-state index >= 15 is 0 Å². The van der Waals surface area contributed by atoms with E-state index in [-0.39, 0.29) is 5.91 Å². The summed E-state index contributed by atoms with van der Waals surface area (Å²) in [7, 11) is 4.76. The van der Waals surface area contributed by atoms with Crippen molar-refractivity contribution in [3.8, 4) is 17.2 Å². The van der Waals surface area contributed by atoms with Crippen LogP contribution in [0.25, 0.3) is 6.08 Å². The topological polar surface area (TPSA) is 72.4 Å². The zero-order chi connectivity index (χ0) is 22.5. The standard InChI is InChI=1S/C25H23N3O4/c1-30-20-12-10-18(11-13-20)24-26-21(15-17-9-14-22(31-2)23(16-17)32-3)25(29)28(24)27-19-7-5-4-6-8-19/h4-16,27H,1-3H3/b21-15+. The van der Waals surface area contributed by atoms with Crippen LogP contribution in [0.2, 0.25) is 0 Å². The molecular formula is C25H23N3O4. The molecule has 0 fully saturated rings. The molecule has 0 atom stereocenters. The molecule has 0 aromatic heterocycles. The van der Waals surface area contributed by atoms with Crippen molar-refractivity contribution in [2.45, 2.75) is 0 Å². The van der Waals surface area contributed by atoms with Gasteiger partial charge in [0.05, 0.1) is 27.0 Å². The summed E-state index contributed by atoms with van der Waals surface area (Å²) in [6.45, 7) is 0. The number of rotatable bonds is 7. The number of methoxy groups -OCH3 is 3. The Balaban J connectivity index is 1.73. The number of nitrogens with one attached hydrogen (secondary N) is 1. The van der Waals surface area contributed by atoms with Crippen molar-refractivity contribution >= 4 is 23.5 Å². The number of ether oxygens (including phenoxy) is 3. The summed E-state index contributed by atoms with van der Waals surface area (Å²) in [4.78, 5) is 17.9. The molecule has 1 heterocycles. The molecule has 1 aliphatic rings. The zero-order valence-corrected chi connectivity index (χ0v) is 18.0. The van der Waals surface area contributed by atoms with Gasteiger partial charge in [0, 0.05) is 5.56 Å². The number of hydrogen-bond acceptors (Lipinski definition) is 6. The van der Waals surface area contributed by atoms with E-state index in [0.29, 0.717) is 23.0 Å². The minimum atomic E-state index is -0.269. The van der Waals surface area contributed by atoms with Gasteiger partial charge in [-0.25, -0.2) is 4.99 Å². The van der Waals surface area contributed by atoms with Crippen molar-refractivity contribution in [3.05, 3.63) is 89.6 Å². The molecule has 3 aromatic carbocycles. The van der Waals surface area contributed by atoms with Gasteiger partial charge in [-0.2, -0.15) is 5.01 Å². The van der Waals surface area contributed by atoms with Crippen molar-refractivity contribution in [2.24, 2.45) is 4.99 Å². The first-order valence-electron chi connectivity index (χ1n) is 9.96. The highest BCUT2D eigenvalue weighted by atomic mass is 16.5. The number of aliphatic imine (C=N–C) groups is 1. The van der Waals surface area contributed by atoms with E-state index in [4.69, 9.17) is 14.2 Å². The van der Waals surface area contributed by atoms with E-state index in [1.807, 2.05) is 60.7 Å².